The zero-order chi connectivity index (χ0) is 27.8. The zero-order valence-corrected chi connectivity index (χ0v) is 29.5. The highest BCUT2D eigenvalue weighted by molar-refractivity contribution is 8.76. The fourth-order valence-electron chi connectivity index (χ4n) is 3.22. The van der Waals surface area contributed by atoms with E-state index in [1.807, 2.05) is 42.4 Å². The van der Waals surface area contributed by atoms with Crippen LogP contribution in [-0.4, -0.2) is 106 Å². The van der Waals surface area contributed by atoms with Crippen molar-refractivity contribution < 1.29 is 39.8 Å². The van der Waals surface area contributed by atoms with E-state index in [1.54, 1.807) is 42.7 Å². The molecule has 0 radical (unpaired) electrons. The predicted octanol–water partition coefficient (Wildman–Crippen LogP) is 5.26. The van der Waals surface area contributed by atoms with Crippen LogP contribution in [-0.2, 0) is 39.8 Å². The molecule has 0 heterocycles. The van der Waals surface area contributed by atoms with Crippen LogP contribution in [0.4, 0.5) is 0 Å². The molecule has 220 valence electrons. The van der Waals surface area contributed by atoms with Crippen LogP contribution in [0.2, 0.25) is 18.1 Å². The van der Waals surface area contributed by atoms with Crippen LogP contribution in [0.5, 0.6) is 0 Å². The lowest BCUT2D eigenvalue weighted by atomic mass is 10.6. The molecule has 0 aliphatic carbocycles. The summed E-state index contributed by atoms with van der Waals surface area (Å²) in [5.41, 5.74) is 0. The van der Waals surface area contributed by atoms with E-state index in [0.29, 0.717) is 19.8 Å². The van der Waals surface area contributed by atoms with Crippen molar-refractivity contribution in [2.45, 2.75) is 58.2 Å². The van der Waals surface area contributed by atoms with E-state index in [-0.39, 0.29) is 0 Å². The lowest BCUT2D eigenvalue weighted by molar-refractivity contribution is 0.0712. The molecular weight excluding hydrogens is 577 g/mol. The Morgan fingerprint density at radius 1 is 0.500 bits per heavy atom. The molecule has 0 aromatic heterocycles. The van der Waals surface area contributed by atoms with Crippen LogP contribution in [0.3, 0.4) is 0 Å². The first-order valence-corrected chi connectivity index (χ1v) is 21.3. The Labute approximate surface area is 237 Å². The molecular formula is C21H52O9S3Si3. The van der Waals surface area contributed by atoms with Crippen molar-refractivity contribution in [2.75, 3.05) is 79.7 Å². The molecule has 0 aromatic rings. The molecule has 0 aromatic carbocycles. The smallest absolute Gasteiger partial charge is 0.377 e. The monoisotopic (exact) mass is 628 g/mol. The average Bonchev–Trinajstić information content (AvgIpc) is 2.90. The van der Waals surface area contributed by atoms with E-state index in [2.05, 4.69) is 12.6 Å². The first-order valence-electron chi connectivity index (χ1n) is 12.4. The summed E-state index contributed by atoms with van der Waals surface area (Å²) in [5.74, 6) is 2.95. The fourth-order valence-corrected chi connectivity index (χ4v) is 12.4. The third-order valence-electron chi connectivity index (χ3n) is 5.10. The lowest BCUT2D eigenvalue weighted by Gasteiger charge is -2.28. The van der Waals surface area contributed by atoms with Crippen LogP contribution in [0.15, 0.2) is 0 Å². The van der Waals surface area contributed by atoms with Gasteiger partial charge in [-0.25, -0.2) is 0 Å². The van der Waals surface area contributed by atoms with Gasteiger partial charge in [0.05, 0.1) is 0 Å². The van der Waals surface area contributed by atoms with Gasteiger partial charge >= 0.3 is 26.4 Å². The Balaban J connectivity index is 0. The van der Waals surface area contributed by atoms with Gasteiger partial charge in [-0.15, -0.1) is 0 Å². The molecule has 0 saturated carbocycles. The van der Waals surface area contributed by atoms with E-state index in [0.717, 1.165) is 54.7 Å². The second-order valence-corrected chi connectivity index (χ2v) is 19.3. The van der Waals surface area contributed by atoms with Crippen LogP contribution >= 0.6 is 34.2 Å². The van der Waals surface area contributed by atoms with Crippen LogP contribution in [0.1, 0.15) is 40.0 Å². The quantitative estimate of drug-likeness (QED) is 0.0658. The highest BCUT2D eigenvalue weighted by Crippen LogP contribution is 2.27. The van der Waals surface area contributed by atoms with E-state index in [9.17, 15) is 0 Å². The molecule has 0 rings (SSSR count). The zero-order valence-electron chi connectivity index (χ0n) is 23.9. The summed E-state index contributed by atoms with van der Waals surface area (Å²) < 4.78 is 49.4. The van der Waals surface area contributed by atoms with Crippen molar-refractivity contribution in [3.8, 4) is 0 Å². The normalized spacial score (nSPS) is 12.5. The van der Waals surface area contributed by atoms with E-state index < -0.39 is 26.4 Å². The average molecular weight is 629 g/mol. The largest absolute Gasteiger partial charge is 0.500 e. The maximum Gasteiger partial charge on any atom is 0.500 e. The van der Waals surface area contributed by atoms with Gasteiger partial charge in [-0.2, -0.15) is 12.6 Å². The molecule has 0 spiro atoms. The Kier molecular flexibility index (Phi) is 27.8. The second-order valence-electron chi connectivity index (χ2n) is 7.25. The van der Waals surface area contributed by atoms with Gasteiger partial charge in [0.15, 0.2) is 0 Å². The van der Waals surface area contributed by atoms with Crippen molar-refractivity contribution in [1.82, 2.24) is 0 Å². The van der Waals surface area contributed by atoms with Gasteiger partial charge in [-0.3, -0.25) is 0 Å². The van der Waals surface area contributed by atoms with Crippen molar-refractivity contribution in [2.24, 2.45) is 0 Å². The van der Waals surface area contributed by atoms with Gasteiger partial charge in [-0.1, -0.05) is 21.6 Å². The van der Waals surface area contributed by atoms with Gasteiger partial charge in [0.2, 0.25) is 0 Å². The van der Waals surface area contributed by atoms with Crippen molar-refractivity contribution in [1.29, 1.82) is 0 Å². The Hall–Kier alpha value is 1.34. The number of hydrogen-bond donors (Lipinski definition) is 1. The topological polar surface area (TPSA) is 83.1 Å². The second kappa shape index (κ2) is 25.3. The molecule has 0 saturated heterocycles. The van der Waals surface area contributed by atoms with E-state index >= 15 is 0 Å². The maximum atomic E-state index is 5.67. The van der Waals surface area contributed by atoms with E-state index in [4.69, 9.17) is 39.8 Å². The Morgan fingerprint density at radius 2 is 0.806 bits per heavy atom. The molecule has 0 unspecified atom stereocenters. The molecule has 0 aliphatic heterocycles. The van der Waals surface area contributed by atoms with Gasteiger partial charge in [0, 0.05) is 92.1 Å². The minimum absolute atomic E-state index is 0.652. The summed E-state index contributed by atoms with van der Waals surface area (Å²) in [6.45, 7) is 7.87. The molecule has 9 nitrogen and oxygen atoms in total. The molecule has 0 atom stereocenters. The lowest BCUT2D eigenvalue weighted by Crippen LogP contribution is -2.46. The van der Waals surface area contributed by atoms with Crippen LogP contribution in [0.25, 0.3) is 0 Å². The number of thiol groups is 1. The summed E-state index contributed by atoms with van der Waals surface area (Å²) >= 11 is 4.19. The molecule has 15 heteroatoms. The molecule has 0 N–H and O–H groups in total. The number of hydrogen-bond acceptors (Lipinski definition) is 12. The molecule has 0 aliphatic rings. The SMILES string of the molecule is CCO[Si](CCCS)(OCC)OCC.CO[Si](CCCSSCCC[Si](OC)(OC)OC)(OC)OC. The maximum absolute atomic E-state index is 5.67. The van der Waals surface area contributed by atoms with Gasteiger partial charge in [-0.05, 0) is 45.8 Å². The molecule has 0 amide bonds. The van der Waals surface area contributed by atoms with E-state index in [1.165, 1.54) is 0 Å². The fraction of sp³-hybridized carbons (Fsp3) is 1.00. The summed E-state index contributed by atoms with van der Waals surface area (Å²) in [6, 6.07) is 2.56. The van der Waals surface area contributed by atoms with Gasteiger partial charge in [0.25, 0.3) is 0 Å². The van der Waals surface area contributed by atoms with Gasteiger partial charge in [0.1, 0.15) is 0 Å². The summed E-state index contributed by atoms with van der Waals surface area (Å²) in [6.07, 6.45) is 3.02. The van der Waals surface area contributed by atoms with Crippen LogP contribution < -0.4 is 0 Å². The summed E-state index contributed by atoms with van der Waals surface area (Å²) in [5, 5.41) is 0. The molecule has 0 bridgehead atoms. The minimum Gasteiger partial charge on any atom is -0.377 e. The first-order chi connectivity index (χ1) is 17.3. The summed E-state index contributed by atoms with van der Waals surface area (Å²) in [4.78, 5) is 0. The Bertz CT molecular complexity index is 422. The molecule has 0 fully saturated rings. The highest BCUT2D eigenvalue weighted by atomic mass is 33.1. The minimum atomic E-state index is -2.40. The predicted molar refractivity (Wildman–Crippen MR) is 161 cm³/mol. The molecule has 36 heavy (non-hydrogen) atoms. The third-order valence-corrected chi connectivity index (χ3v) is 16.8. The first kappa shape index (κ1) is 39.5. The summed E-state index contributed by atoms with van der Waals surface area (Å²) in [7, 11) is 6.47. The Morgan fingerprint density at radius 3 is 1.06 bits per heavy atom. The number of rotatable bonds is 24. The van der Waals surface area contributed by atoms with Crippen molar-refractivity contribution in [3.05, 3.63) is 0 Å². The van der Waals surface area contributed by atoms with Crippen LogP contribution in [0, 0.1) is 0 Å². The van der Waals surface area contributed by atoms with Crippen molar-refractivity contribution >= 4 is 60.6 Å². The highest BCUT2D eigenvalue weighted by Gasteiger charge is 2.39. The third kappa shape index (κ3) is 17.1. The standard InChI is InChI=1S/C12H30O6S2Si2.C9H22O3SSi/c1-13-21(14-2,15-3)11-7-9-19-20-10-8-12-22(16-4,17-5)18-6;1-4-10-14(11-5-2,12-6-3)9-7-8-13/h7-12H2,1-6H3;13H,4-9H2,1-3H3. The van der Waals surface area contributed by atoms with Gasteiger partial charge < -0.3 is 39.8 Å². The van der Waals surface area contributed by atoms with Crippen molar-refractivity contribution in [3.63, 3.8) is 0 Å².